The van der Waals surface area contributed by atoms with Gasteiger partial charge in [0.1, 0.15) is 0 Å². The van der Waals surface area contributed by atoms with E-state index in [4.69, 9.17) is 0 Å². The second kappa shape index (κ2) is 7.64. The molecule has 4 aromatic rings. The number of halogens is 1. The molecule has 2 bridgehead atoms. The van der Waals surface area contributed by atoms with Crippen molar-refractivity contribution in [2.75, 3.05) is 0 Å². The number of nitrogens with zero attached hydrogens (tertiary/aromatic N) is 5. The maximum atomic E-state index is 14.6. The molecule has 2 aliphatic rings. The number of aromatic nitrogens is 4. The average Bonchev–Trinajstić information content (AvgIpc) is 3.38. The Hall–Kier alpha value is -3.38. The third-order valence-corrected chi connectivity index (χ3v) is 6.77. The van der Waals surface area contributed by atoms with Gasteiger partial charge < -0.3 is 4.57 Å². The van der Waals surface area contributed by atoms with Gasteiger partial charge in [0.15, 0.2) is 11.6 Å². The number of benzene rings is 2. The zero-order valence-electron chi connectivity index (χ0n) is 17.9. The maximum absolute atomic E-state index is 14.6. The van der Waals surface area contributed by atoms with Crippen molar-refractivity contribution in [1.82, 2.24) is 24.6 Å². The van der Waals surface area contributed by atoms with Crippen molar-refractivity contribution in [2.24, 2.45) is 0 Å². The van der Waals surface area contributed by atoms with E-state index in [1.54, 1.807) is 6.20 Å². The molecular weight excluding hydrogens is 401 g/mol. The highest BCUT2D eigenvalue weighted by molar-refractivity contribution is 5.56. The van der Waals surface area contributed by atoms with Gasteiger partial charge in [0.2, 0.25) is 5.95 Å². The molecule has 2 aliphatic heterocycles. The topological polar surface area (TPSA) is 46.8 Å². The Kier molecular flexibility index (Phi) is 4.61. The van der Waals surface area contributed by atoms with Crippen LogP contribution in [0.5, 0.6) is 0 Å². The molecule has 2 atom stereocenters. The molecule has 2 aromatic heterocycles. The van der Waals surface area contributed by atoms with Crippen molar-refractivity contribution in [3.8, 4) is 11.4 Å². The summed E-state index contributed by atoms with van der Waals surface area (Å²) in [7, 11) is 0. The van der Waals surface area contributed by atoms with Crippen LogP contribution in [0.4, 0.5) is 4.39 Å². The van der Waals surface area contributed by atoms with Gasteiger partial charge in [-0.2, -0.15) is 4.39 Å². The van der Waals surface area contributed by atoms with E-state index < -0.39 is 5.95 Å². The summed E-state index contributed by atoms with van der Waals surface area (Å²) in [4.78, 5) is 6.50. The maximum Gasteiger partial charge on any atom is 0.223 e. The van der Waals surface area contributed by atoms with Crippen LogP contribution in [0, 0.1) is 12.9 Å². The number of hydrogen-bond donors (Lipinski definition) is 0. The van der Waals surface area contributed by atoms with Crippen molar-refractivity contribution in [1.29, 1.82) is 0 Å². The minimum absolute atomic E-state index is 0.140. The van der Waals surface area contributed by atoms with Gasteiger partial charge in [-0.15, -0.1) is 10.2 Å². The van der Waals surface area contributed by atoms with Crippen LogP contribution in [-0.4, -0.2) is 30.7 Å². The molecule has 5 nitrogen and oxygen atoms in total. The van der Waals surface area contributed by atoms with Crippen molar-refractivity contribution in [3.63, 3.8) is 0 Å². The summed E-state index contributed by atoms with van der Waals surface area (Å²) in [6, 6.07) is 23.8. The van der Waals surface area contributed by atoms with Crippen molar-refractivity contribution >= 4 is 0 Å². The van der Waals surface area contributed by atoms with Gasteiger partial charge in [0.05, 0.1) is 17.6 Å². The van der Waals surface area contributed by atoms with E-state index >= 15 is 0 Å². The zero-order chi connectivity index (χ0) is 21.7. The summed E-state index contributed by atoms with van der Waals surface area (Å²) < 4.78 is 16.7. The van der Waals surface area contributed by atoms with Gasteiger partial charge in [-0.25, -0.2) is 4.98 Å². The lowest BCUT2D eigenvalue weighted by Gasteiger charge is -2.41. The first kappa shape index (κ1) is 19.3. The molecule has 1 saturated heterocycles. The molecule has 0 N–H and O–H groups in total. The smallest absolute Gasteiger partial charge is 0.223 e. The minimum Gasteiger partial charge on any atom is -0.308 e. The van der Waals surface area contributed by atoms with E-state index in [1.807, 2.05) is 13.0 Å². The molecule has 0 radical (unpaired) electrons. The van der Waals surface area contributed by atoms with E-state index in [2.05, 4.69) is 85.3 Å². The van der Waals surface area contributed by atoms with E-state index in [1.165, 1.54) is 11.1 Å². The molecule has 4 heterocycles. The Morgan fingerprint density at radius 1 is 0.938 bits per heavy atom. The third kappa shape index (κ3) is 3.06. The van der Waals surface area contributed by atoms with Crippen LogP contribution >= 0.6 is 0 Å². The Morgan fingerprint density at radius 2 is 1.62 bits per heavy atom. The average molecular weight is 426 g/mol. The number of rotatable bonds is 4. The number of pyridine rings is 1. The lowest BCUT2D eigenvalue weighted by atomic mass is 9.94. The fourth-order valence-corrected chi connectivity index (χ4v) is 5.41. The molecule has 0 saturated carbocycles. The standard InChI is InChI=1S/C26H24FN5/c1-17-14-21(24(27)28-15-17)25-29-30-26-22-13-12-20(16-31(25)26)32(22)23(18-8-4-2-5-9-18)19-10-6-3-7-11-19/h2-11,14-15,20,22-23H,12-13,16H2,1H3. The highest BCUT2D eigenvalue weighted by Gasteiger charge is 2.46. The largest absolute Gasteiger partial charge is 0.308 e. The van der Waals surface area contributed by atoms with E-state index in [0.717, 1.165) is 30.8 Å². The van der Waals surface area contributed by atoms with Crippen LogP contribution in [0.3, 0.4) is 0 Å². The van der Waals surface area contributed by atoms with Gasteiger partial charge in [-0.05, 0) is 42.5 Å². The minimum atomic E-state index is -0.493. The summed E-state index contributed by atoms with van der Waals surface area (Å²) >= 11 is 0. The predicted octanol–water partition coefficient (Wildman–Crippen LogP) is 5.10. The molecule has 0 spiro atoms. The highest BCUT2D eigenvalue weighted by atomic mass is 19.1. The number of aryl methyl sites for hydroxylation is 1. The van der Waals surface area contributed by atoms with Gasteiger partial charge in [-0.3, -0.25) is 4.90 Å². The quantitative estimate of drug-likeness (QED) is 0.427. The number of hydrogen-bond acceptors (Lipinski definition) is 4. The Morgan fingerprint density at radius 3 is 2.31 bits per heavy atom. The monoisotopic (exact) mass is 425 g/mol. The molecule has 0 amide bonds. The molecule has 32 heavy (non-hydrogen) atoms. The third-order valence-electron chi connectivity index (χ3n) is 6.77. The predicted molar refractivity (Wildman–Crippen MR) is 120 cm³/mol. The second-order valence-electron chi connectivity index (χ2n) is 8.76. The van der Waals surface area contributed by atoms with Crippen LogP contribution in [-0.2, 0) is 6.54 Å². The van der Waals surface area contributed by atoms with Gasteiger partial charge >= 0.3 is 0 Å². The molecular formula is C26H24FN5. The lowest BCUT2D eigenvalue weighted by Crippen LogP contribution is -2.43. The van der Waals surface area contributed by atoms with Gasteiger partial charge in [-0.1, -0.05) is 60.7 Å². The summed E-state index contributed by atoms with van der Waals surface area (Å²) in [6.07, 6.45) is 3.65. The summed E-state index contributed by atoms with van der Waals surface area (Å²) in [5, 5.41) is 9.01. The molecule has 6 heteroatoms. The van der Waals surface area contributed by atoms with Gasteiger partial charge in [0.25, 0.3) is 0 Å². The van der Waals surface area contributed by atoms with Crippen LogP contribution in [0.2, 0.25) is 0 Å². The first-order valence-electron chi connectivity index (χ1n) is 11.1. The Bertz CT molecular complexity index is 1210. The molecule has 2 aromatic carbocycles. The highest BCUT2D eigenvalue weighted by Crippen LogP contribution is 2.48. The fraction of sp³-hybridized carbons (Fsp3) is 0.269. The molecule has 2 unspecified atom stereocenters. The lowest BCUT2D eigenvalue weighted by molar-refractivity contribution is 0.107. The summed E-state index contributed by atoms with van der Waals surface area (Å²) in [5.74, 6) is 1.01. The molecule has 160 valence electrons. The second-order valence-corrected chi connectivity index (χ2v) is 8.76. The van der Waals surface area contributed by atoms with E-state index in [-0.39, 0.29) is 12.1 Å². The first-order chi connectivity index (χ1) is 15.7. The van der Waals surface area contributed by atoms with Crippen LogP contribution in [0.1, 0.15) is 47.4 Å². The van der Waals surface area contributed by atoms with Crippen LogP contribution in [0.15, 0.2) is 72.9 Å². The fourth-order valence-electron chi connectivity index (χ4n) is 5.41. The number of fused-ring (bicyclic) bond motifs is 4. The summed E-state index contributed by atoms with van der Waals surface area (Å²) in [6.45, 7) is 2.66. The molecule has 6 rings (SSSR count). The Balaban J connectivity index is 1.45. The van der Waals surface area contributed by atoms with Crippen molar-refractivity contribution in [3.05, 3.63) is 101 Å². The SMILES string of the molecule is Cc1cnc(F)c(-c2nnc3n2CC2CCC3N2C(c2ccccc2)c2ccccc2)c1. The van der Waals surface area contributed by atoms with Crippen molar-refractivity contribution in [2.45, 2.75) is 44.4 Å². The molecule has 1 fully saturated rings. The van der Waals surface area contributed by atoms with Crippen molar-refractivity contribution < 1.29 is 4.39 Å². The van der Waals surface area contributed by atoms with E-state index in [0.29, 0.717) is 17.4 Å². The first-order valence-corrected chi connectivity index (χ1v) is 11.1. The van der Waals surface area contributed by atoms with E-state index in [9.17, 15) is 4.39 Å². The van der Waals surface area contributed by atoms with Crippen LogP contribution in [0.25, 0.3) is 11.4 Å². The molecule has 0 aliphatic carbocycles. The van der Waals surface area contributed by atoms with Crippen LogP contribution < -0.4 is 0 Å². The van der Waals surface area contributed by atoms with Gasteiger partial charge in [0, 0.05) is 18.8 Å². The Labute approximate surface area is 186 Å². The summed E-state index contributed by atoms with van der Waals surface area (Å²) in [5.41, 5.74) is 3.89. The zero-order valence-corrected chi connectivity index (χ0v) is 17.9. The normalized spacial score (nSPS) is 20.0.